The Bertz CT molecular complexity index is 317. The Hall–Kier alpha value is -1.62. The lowest BCUT2D eigenvalue weighted by molar-refractivity contribution is 0.0995. The molecular formula is C9H12N2O3. The second-order valence-electron chi connectivity index (χ2n) is 2.55. The highest BCUT2D eigenvalue weighted by atomic mass is 16.5. The van der Waals surface area contributed by atoms with Gasteiger partial charge >= 0.3 is 0 Å². The van der Waals surface area contributed by atoms with Crippen molar-refractivity contribution in [1.29, 1.82) is 0 Å². The molecule has 0 radical (unpaired) electrons. The van der Waals surface area contributed by atoms with Gasteiger partial charge in [0, 0.05) is 0 Å². The molecule has 2 N–H and O–H groups in total. The number of aromatic nitrogens is 1. The van der Waals surface area contributed by atoms with Crippen LogP contribution in [0, 0.1) is 0 Å². The Morgan fingerprint density at radius 3 is 2.21 bits per heavy atom. The molecule has 0 aliphatic heterocycles. The van der Waals surface area contributed by atoms with Gasteiger partial charge in [0.1, 0.15) is 5.56 Å². The fraction of sp³-hybridized carbons (Fsp3) is 0.333. The van der Waals surface area contributed by atoms with E-state index in [0.717, 1.165) is 0 Å². The number of hydrogen-bond donors (Lipinski definition) is 1. The minimum Gasteiger partial charge on any atom is -0.494 e. The molecule has 1 rings (SSSR count). The molecule has 1 aromatic heterocycles. The van der Waals surface area contributed by atoms with Gasteiger partial charge < -0.3 is 15.2 Å². The SMILES string of the molecule is COc1cncc(OC)c1C(=O)CN. The summed E-state index contributed by atoms with van der Waals surface area (Å²) in [5, 5.41) is 0. The van der Waals surface area contributed by atoms with Crippen molar-refractivity contribution in [1.82, 2.24) is 4.98 Å². The minimum absolute atomic E-state index is 0.0866. The number of Topliss-reactive ketones (excluding diaryl/α,β-unsaturated/α-hetero) is 1. The summed E-state index contributed by atoms with van der Waals surface area (Å²) in [5.74, 6) is 0.515. The number of pyridine rings is 1. The van der Waals surface area contributed by atoms with Crippen molar-refractivity contribution >= 4 is 5.78 Å². The quantitative estimate of drug-likeness (QED) is 0.698. The van der Waals surface area contributed by atoms with Gasteiger partial charge in [-0.15, -0.1) is 0 Å². The number of ether oxygens (including phenoxy) is 2. The molecule has 1 heterocycles. The molecule has 0 fully saturated rings. The predicted octanol–water partition coefficient (Wildman–Crippen LogP) is 0.240. The number of hydrogen-bond acceptors (Lipinski definition) is 5. The van der Waals surface area contributed by atoms with E-state index in [0.29, 0.717) is 17.1 Å². The Balaban J connectivity index is 3.25. The van der Waals surface area contributed by atoms with E-state index in [4.69, 9.17) is 15.2 Å². The van der Waals surface area contributed by atoms with Crippen molar-refractivity contribution in [2.75, 3.05) is 20.8 Å². The van der Waals surface area contributed by atoms with Crippen LogP contribution in [-0.4, -0.2) is 31.5 Å². The van der Waals surface area contributed by atoms with E-state index in [1.54, 1.807) is 0 Å². The fourth-order valence-corrected chi connectivity index (χ4v) is 1.11. The number of carbonyl (C=O) groups excluding carboxylic acids is 1. The number of methoxy groups -OCH3 is 2. The summed E-state index contributed by atoms with van der Waals surface area (Å²) in [6.07, 6.45) is 2.90. The first-order valence-corrected chi connectivity index (χ1v) is 4.03. The zero-order valence-corrected chi connectivity index (χ0v) is 8.11. The van der Waals surface area contributed by atoms with Crippen molar-refractivity contribution in [2.45, 2.75) is 0 Å². The molecule has 0 spiro atoms. The Morgan fingerprint density at radius 1 is 1.36 bits per heavy atom. The van der Waals surface area contributed by atoms with Crippen LogP contribution >= 0.6 is 0 Å². The molecule has 0 amide bonds. The molecule has 0 aliphatic carbocycles. The topological polar surface area (TPSA) is 74.4 Å². The predicted molar refractivity (Wildman–Crippen MR) is 50.7 cm³/mol. The maximum Gasteiger partial charge on any atom is 0.183 e. The molecule has 0 bridgehead atoms. The molecule has 0 unspecified atom stereocenters. The molecule has 5 heteroatoms. The fourth-order valence-electron chi connectivity index (χ4n) is 1.11. The van der Waals surface area contributed by atoms with Crippen LogP contribution in [0.4, 0.5) is 0 Å². The molecule has 1 aromatic rings. The second kappa shape index (κ2) is 4.57. The van der Waals surface area contributed by atoms with Crippen molar-refractivity contribution in [3.8, 4) is 11.5 Å². The summed E-state index contributed by atoms with van der Waals surface area (Å²) in [4.78, 5) is 15.3. The van der Waals surface area contributed by atoms with Crippen molar-refractivity contribution in [3.63, 3.8) is 0 Å². The summed E-state index contributed by atoms with van der Waals surface area (Å²) in [6.45, 7) is -0.0866. The Kier molecular flexibility index (Phi) is 3.41. The molecule has 0 saturated heterocycles. The zero-order chi connectivity index (χ0) is 10.6. The molecule has 0 aliphatic rings. The van der Waals surface area contributed by atoms with Crippen LogP contribution in [0.3, 0.4) is 0 Å². The van der Waals surface area contributed by atoms with E-state index < -0.39 is 0 Å². The average Bonchev–Trinajstić information content (AvgIpc) is 2.26. The molecule has 0 aromatic carbocycles. The standard InChI is InChI=1S/C9H12N2O3/c1-13-7-4-11-5-8(14-2)9(7)6(12)3-10/h4-5H,3,10H2,1-2H3. The smallest absolute Gasteiger partial charge is 0.183 e. The number of rotatable bonds is 4. The van der Waals surface area contributed by atoms with Gasteiger partial charge in [-0.1, -0.05) is 0 Å². The second-order valence-corrected chi connectivity index (χ2v) is 2.55. The summed E-state index contributed by atoms with van der Waals surface area (Å²) < 4.78 is 9.98. The van der Waals surface area contributed by atoms with Crippen molar-refractivity contribution < 1.29 is 14.3 Å². The highest BCUT2D eigenvalue weighted by Crippen LogP contribution is 2.26. The zero-order valence-electron chi connectivity index (χ0n) is 8.11. The largest absolute Gasteiger partial charge is 0.494 e. The van der Waals surface area contributed by atoms with E-state index in [1.165, 1.54) is 26.6 Å². The molecule has 0 atom stereocenters. The van der Waals surface area contributed by atoms with E-state index in [2.05, 4.69) is 4.98 Å². The first-order chi connectivity index (χ1) is 6.74. The molecule has 5 nitrogen and oxygen atoms in total. The van der Waals surface area contributed by atoms with E-state index >= 15 is 0 Å². The third-order valence-electron chi connectivity index (χ3n) is 1.78. The third kappa shape index (κ3) is 1.82. The summed E-state index contributed by atoms with van der Waals surface area (Å²) in [7, 11) is 2.92. The Morgan fingerprint density at radius 2 is 1.86 bits per heavy atom. The normalized spacial score (nSPS) is 9.64. The lowest BCUT2D eigenvalue weighted by Crippen LogP contribution is -2.15. The monoisotopic (exact) mass is 196 g/mol. The lowest BCUT2D eigenvalue weighted by Gasteiger charge is -2.09. The van der Waals surface area contributed by atoms with Crippen LogP contribution in [0.15, 0.2) is 12.4 Å². The average molecular weight is 196 g/mol. The highest BCUT2D eigenvalue weighted by Gasteiger charge is 2.16. The highest BCUT2D eigenvalue weighted by molar-refractivity contribution is 6.02. The van der Waals surface area contributed by atoms with Gasteiger partial charge in [-0.3, -0.25) is 9.78 Å². The maximum atomic E-state index is 11.5. The van der Waals surface area contributed by atoms with Crippen LogP contribution in [0.25, 0.3) is 0 Å². The first kappa shape index (κ1) is 10.5. The summed E-state index contributed by atoms with van der Waals surface area (Å²) in [5.41, 5.74) is 5.61. The van der Waals surface area contributed by atoms with Gasteiger partial charge in [0.05, 0.1) is 33.2 Å². The van der Waals surface area contributed by atoms with Crippen LogP contribution in [0.2, 0.25) is 0 Å². The van der Waals surface area contributed by atoms with E-state index in [-0.39, 0.29) is 12.3 Å². The van der Waals surface area contributed by atoms with Crippen molar-refractivity contribution in [2.24, 2.45) is 5.73 Å². The van der Waals surface area contributed by atoms with Crippen LogP contribution in [-0.2, 0) is 0 Å². The van der Waals surface area contributed by atoms with Gasteiger partial charge in [0.25, 0.3) is 0 Å². The number of nitrogens with two attached hydrogens (primary N) is 1. The number of ketones is 1. The molecule has 0 saturated carbocycles. The summed E-state index contributed by atoms with van der Waals surface area (Å²) in [6, 6.07) is 0. The van der Waals surface area contributed by atoms with Crippen LogP contribution in [0.1, 0.15) is 10.4 Å². The Labute approximate surface area is 81.8 Å². The van der Waals surface area contributed by atoms with Crippen LogP contribution < -0.4 is 15.2 Å². The van der Waals surface area contributed by atoms with E-state index in [1.807, 2.05) is 0 Å². The summed E-state index contributed by atoms with van der Waals surface area (Å²) >= 11 is 0. The van der Waals surface area contributed by atoms with Gasteiger partial charge in [-0.25, -0.2) is 0 Å². The number of nitrogens with zero attached hydrogens (tertiary/aromatic N) is 1. The molecule has 76 valence electrons. The van der Waals surface area contributed by atoms with Gasteiger partial charge in [-0.05, 0) is 0 Å². The molecular weight excluding hydrogens is 184 g/mol. The van der Waals surface area contributed by atoms with Crippen LogP contribution in [0.5, 0.6) is 11.5 Å². The maximum absolute atomic E-state index is 11.5. The first-order valence-electron chi connectivity index (χ1n) is 4.03. The van der Waals surface area contributed by atoms with Gasteiger partial charge in [-0.2, -0.15) is 0 Å². The van der Waals surface area contributed by atoms with Crippen molar-refractivity contribution in [3.05, 3.63) is 18.0 Å². The molecule has 14 heavy (non-hydrogen) atoms. The number of carbonyl (C=O) groups is 1. The lowest BCUT2D eigenvalue weighted by atomic mass is 10.1. The van der Waals surface area contributed by atoms with Gasteiger partial charge in [0.15, 0.2) is 17.3 Å². The minimum atomic E-state index is -0.235. The van der Waals surface area contributed by atoms with Gasteiger partial charge in [0.2, 0.25) is 0 Å². The van der Waals surface area contributed by atoms with E-state index in [9.17, 15) is 4.79 Å². The third-order valence-corrected chi connectivity index (χ3v) is 1.78.